The molecule has 1 aliphatic rings. The van der Waals surface area contributed by atoms with Crippen LogP contribution in [0.4, 0.5) is 11.4 Å². The number of benzene rings is 2. The van der Waals surface area contributed by atoms with Gasteiger partial charge in [0.15, 0.2) is 0 Å². The summed E-state index contributed by atoms with van der Waals surface area (Å²) in [5.74, 6) is 0.0842. The van der Waals surface area contributed by atoms with Crippen LogP contribution in [0.15, 0.2) is 42.5 Å². The van der Waals surface area contributed by atoms with Gasteiger partial charge in [-0.3, -0.25) is 4.79 Å². The van der Waals surface area contributed by atoms with E-state index in [-0.39, 0.29) is 11.3 Å². The normalized spacial score (nSPS) is 15.5. The molecule has 0 heterocycles. The molecule has 0 aromatic heterocycles. The molecule has 3 rings (SSSR count). The first-order chi connectivity index (χ1) is 10.0. The van der Waals surface area contributed by atoms with Crippen molar-refractivity contribution in [2.24, 2.45) is 0 Å². The predicted octanol–water partition coefficient (Wildman–Crippen LogP) is 3.56. The van der Waals surface area contributed by atoms with E-state index in [0.717, 1.165) is 40.9 Å². The Kier molecular flexibility index (Phi) is 3.20. The van der Waals surface area contributed by atoms with E-state index >= 15 is 0 Å². The molecule has 0 atom stereocenters. The molecule has 0 unspecified atom stereocenters. The molecule has 21 heavy (non-hydrogen) atoms. The van der Waals surface area contributed by atoms with Crippen LogP contribution in [0, 0.1) is 13.8 Å². The van der Waals surface area contributed by atoms with Crippen LogP contribution < -0.4 is 11.1 Å². The van der Waals surface area contributed by atoms with Crippen molar-refractivity contribution in [2.75, 3.05) is 11.1 Å². The molecule has 2 aromatic rings. The van der Waals surface area contributed by atoms with Crippen LogP contribution >= 0.6 is 0 Å². The number of nitrogen functional groups attached to an aromatic ring is 1. The standard InChI is InChI=1S/C18H20N2O/c1-12-3-4-13(2)16(11-12)20-17(21)18(9-10-18)14-5-7-15(19)8-6-14/h3-8,11H,9-10,19H2,1-2H3,(H,20,21). The van der Waals surface area contributed by atoms with Gasteiger partial charge in [-0.15, -0.1) is 0 Å². The first-order valence-corrected chi connectivity index (χ1v) is 7.26. The maximum absolute atomic E-state index is 12.7. The predicted molar refractivity (Wildman–Crippen MR) is 86.3 cm³/mol. The van der Waals surface area contributed by atoms with E-state index in [1.54, 1.807) is 0 Å². The molecular weight excluding hydrogens is 260 g/mol. The van der Waals surface area contributed by atoms with Crippen molar-refractivity contribution in [1.29, 1.82) is 0 Å². The first-order valence-electron chi connectivity index (χ1n) is 7.26. The van der Waals surface area contributed by atoms with Gasteiger partial charge in [-0.1, -0.05) is 24.3 Å². The van der Waals surface area contributed by atoms with Crippen molar-refractivity contribution in [1.82, 2.24) is 0 Å². The molecule has 3 heteroatoms. The summed E-state index contributed by atoms with van der Waals surface area (Å²) in [5, 5.41) is 3.10. The van der Waals surface area contributed by atoms with Gasteiger partial charge in [-0.2, -0.15) is 0 Å². The van der Waals surface area contributed by atoms with Crippen molar-refractivity contribution < 1.29 is 4.79 Å². The number of aryl methyl sites for hydroxylation is 2. The number of hydrogen-bond acceptors (Lipinski definition) is 2. The number of anilines is 2. The second-order valence-electron chi connectivity index (χ2n) is 5.98. The van der Waals surface area contributed by atoms with Gasteiger partial charge in [0.05, 0.1) is 5.41 Å². The maximum Gasteiger partial charge on any atom is 0.235 e. The van der Waals surface area contributed by atoms with Gasteiger partial charge >= 0.3 is 0 Å². The van der Waals surface area contributed by atoms with Crippen molar-refractivity contribution >= 4 is 17.3 Å². The van der Waals surface area contributed by atoms with Crippen molar-refractivity contribution in [3.8, 4) is 0 Å². The van der Waals surface area contributed by atoms with E-state index in [9.17, 15) is 4.79 Å². The van der Waals surface area contributed by atoms with Crippen LogP contribution in [0.3, 0.4) is 0 Å². The fourth-order valence-corrected chi connectivity index (χ4v) is 2.69. The fraction of sp³-hybridized carbons (Fsp3) is 0.278. The highest BCUT2D eigenvalue weighted by Crippen LogP contribution is 2.49. The molecule has 2 aromatic carbocycles. The van der Waals surface area contributed by atoms with E-state index in [1.807, 2.05) is 50.2 Å². The number of rotatable bonds is 3. The summed E-state index contributed by atoms with van der Waals surface area (Å²) < 4.78 is 0. The van der Waals surface area contributed by atoms with Gasteiger partial charge in [-0.25, -0.2) is 0 Å². The molecule has 3 N–H and O–H groups in total. The summed E-state index contributed by atoms with van der Waals surface area (Å²) in [5.41, 5.74) is 10.3. The summed E-state index contributed by atoms with van der Waals surface area (Å²) in [4.78, 5) is 12.7. The Morgan fingerprint density at radius 2 is 1.76 bits per heavy atom. The average Bonchev–Trinajstić information content (AvgIpc) is 3.25. The lowest BCUT2D eigenvalue weighted by atomic mass is 9.94. The summed E-state index contributed by atoms with van der Waals surface area (Å²) in [6.07, 6.45) is 1.79. The van der Waals surface area contributed by atoms with Crippen molar-refractivity contribution in [3.63, 3.8) is 0 Å². The Morgan fingerprint density at radius 1 is 1.10 bits per heavy atom. The zero-order valence-electron chi connectivity index (χ0n) is 12.4. The smallest absolute Gasteiger partial charge is 0.235 e. The van der Waals surface area contributed by atoms with Gasteiger partial charge in [-0.05, 0) is 61.6 Å². The van der Waals surface area contributed by atoms with E-state index < -0.39 is 0 Å². The molecule has 1 amide bonds. The molecule has 0 spiro atoms. The highest BCUT2D eigenvalue weighted by Gasteiger charge is 2.51. The highest BCUT2D eigenvalue weighted by molar-refractivity contribution is 6.01. The number of carbonyl (C=O) groups excluding carboxylic acids is 1. The van der Waals surface area contributed by atoms with Crippen LogP contribution in [0.25, 0.3) is 0 Å². The lowest BCUT2D eigenvalue weighted by Crippen LogP contribution is -2.28. The molecule has 108 valence electrons. The quantitative estimate of drug-likeness (QED) is 0.845. The topological polar surface area (TPSA) is 55.1 Å². The number of amides is 1. The van der Waals surface area contributed by atoms with E-state index in [4.69, 9.17) is 5.73 Å². The minimum Gasteiger partial charge on any atom is -0.399 e. The minimum absolute atomic E-state index is 0.0842. The van der Waals surface area contributed by atoms with Crippen LogP contribution in [-0.4, -0.2) is 5.91 Å². The van der Waals surface area contributed by atoms with Crippen LogP contribution in [-0.2, 0) is 10.2 Å². The van der Waals surface area contributed by atoms with E-state index in [0.29, 0.717) is 0 Å². The first kappa shape index (κ1) is 13.7. The number of nitrogens with two attached hydrogens (primary N) is 1. The SMILES string of the molecule is Cc1ccc(C)c(NC(=O)C2(c3ccc(N)cc3)CC2)c1. The van der Waals surface area contributed by atoms with Crippen LogP contribution in [0.5, 0.6) is 0 Å². The molecule has 1 aliphatic carbocycles. The summed E-state index contributed by atoms with van der Waals surface area (Å²) in [6, 6.07) is 13.8. The largest absolute Gasteiger partial charge is 0.399 e. The Morgan fingerprint density at radius 3 is 2.38 bits per heavy atom. The lowest BCUT2D eigenvalue weighted by molar-refractivity contribution is -0.118. The van der Waals surface area contributed by atoms with Crippen molar-refractivity contribution in [2.45, 2.75) is 32.1 Å². The van der Waals surface area contributed by atoms with Gasteiger partial charge in [0.2, 0.25) is 5.91 Å². The van der Waals surface area contributed by atoms with Crippen LogP contribution in [0.2, 0.25) is 0 Å². The monoisotopic (exact) mass is 280 g/mol. The minimum atomic E-state index is -0.371. The number of nitrogens with one attached hydrogen (secondary N) is 1. The number of hydrogen-bond donors (Lipinski definition) is 2. The highest BCUT2D eigenvalue weighted by atomic mass is 16.2. The Bertz CT molecular complexity index is 685. The molecular formula is C18H20N2O. The van der Waals surface area contributed by atoms with Gasteiger partial charge < -0.3 is 11.1 Å². The maximum atomic E-state index is 12.7. The molecule has 1 saturated carbocycles. The summed E-state index contributed by atoms with van der Waals surface area (Å²) >= 11 is 0. The molecule has 1 fully saturated rings. The zero-order chi connectivity index (χ0) is 15.0. The molecule has 3 nitrogen and oxygen atoms in total. The summed E-state index contributed by atoms with van der Waals surface area (Å²) in [6.45, 7) is 4.04. The second kappa shape index (κ2) is 4.92. The van der Waals surface area contributed by atoms with Gasteiger partial charge in [0, 0.05) is 11.4 Å². The fourth-order valence-electron chi connectivity index (χ4n) is 2.69. The molecule has 0 aliphatic heterocycles. The molecule has 0 bridgehead atoms. The van der Waals surface area contributed by atoms with Crippen LogP contribution in [0.1, 0.15) is 29.5 Å². The Hall–Kier alpha value is -2.29. The lowest BCUT2D eigenvalue weighted by Gasteiger charge is -2.17. The average molecular weight is 280 g/mol. The molecule has 0 saturated heterocycles. The summed E-state index contributed by atoms with van der Waals surface area (Å²) in [7, 11) is 0. The third-order valence-corrected chi connectivity index (χ3v) is 4.29. The Balaban J connectivity index is 1.85. The Labute approximate surface area is 125 Å². The zero-order valence-corrected chi connectivity index (χ0v) is 12.4. The number of carbonyl (C=O) groups is 1. The third-order valence-electron chi connectivity index (χ3n) is 4.29. The van der Waals surface area contributed by atoms with E-state index in [1.165, 1.54) is 0 Å². The molecule has 0 radical (unpaired) electrons. The second-order valence-corrected chi connectivity index (χ2v) is 5.98. The third kappa shape index (κ3) is 2.51. The van der Waals surface area contributed by atoms with E-state index in [2.05, 4.69) is 11.4 Å². The van der Waals surface area contributed by atoms with Gasteiger partial charge in [0.1, 0.15) is 0 Å². The van der Waals surface area contributed by atoms with Gasteiger partial charge in [0.25, 0.3) is 0 Å². The van der Waals surface area contributed by atoms with Crippen molar-refractivity contribution in [3.05, 3.63) is 59.2 Å².